The highest BCUT2D eigenvalue weighted by molar-refractivity contribution is 5.62. The zero-order chi connectivity index (χ0) is 12.3. The van der Waals surface area contributed by atoms with E-state index in [-0.39, 0.29) is 0 Å². The molecule has 2 rings (SSSR count). The highest BCUT2D eigenvalue weighted by Gasteiger charge is 2.03. The van der Waals surface area contributed by atoms with Crippen molar-refractivity contribution in [3.63, 3.8) is 0 Å². The van der Waals surface area contributed by atoms with E-state index < -0.39 is 0 Å². The predicted octanol–water partition coefficient (Wildman–Crippen LogP) is 2.63. The first kappa shape index (κ1) is 11.9. The van der Waals surface area contributed by atoms with Crippen molar-refractivity contribution >= 4 is 0 Å². The maximum Gasteiger partial charge on any atom is 0.0568 e. The molecule has 3 heteroatoms. The Kier molecular flexibility index (Phi) is 3.59. The first-order valence-corrected chi connectivity index (χ1v) is 6.03. The second-order valence-electron chi connectivity index (χ2n) is 4.56. The van der Waals surface area contributed by atoms with Crippen molar-refractivity contribution in [2.45, 2.75) is 26.3 Å². The number of aromatic nitrogens is 2. The molecule has 0 amide bonds. The molecule has 0 radical (unpaired) electrons. The molecule has 0 saturated carbocycles. The van der Waals surface area contributed by atoms with Crippen LogP contribution in [-0.4, -0.2) is 16.3 Å². The first-order valence-electron chi connectivity index (χ1n) is 6.03. The van der Waals surface area contributed by atoms with Crippen LogP contribution in [0.5, 0.6) is 0 Å². The van der Waals surface area contributed by atoms with Gasteiger partial charge in [-0.1, -0.05) is 38.1 Å². The largest absolute Gasteiger partial charge is 0.329 e. The molecule has 17 heavy (non-hydrogen) atoms. The molecule has 2 N–H and O–H groups in total. The van der Waals surface area contributed by atoms with Crippen molar-refractivity contribution in [3.05, 3.63) is 42.2 Å². The number of nitrogens with two attached hydrogens (primary N) is 1. The highest BCUT2D eigenvalue weighted by Crippen LogP contribution is 2.22. The van der Waals surface area contributed by atoms with Gasteiger partial charge in [-0.25, -0.2) is 0 Å². The molecular weight excluding hydrogens is 210 g/mol. The fourth-order valence-electron chi connectivity index (χ4n) is 1.83. The lowest BCUT2D eigenvalue weighted by Gasteiger charge is -2.05. The molecule has 90 valence electrons. The molecule has 0 unspecified atom stereocenters. The number of nitrogens with zero attached hydrogens (tertiary/aromatic N) is 2. The summed E-state index contributed by atoms with van der Waals surface area (Å²) in [5.41, 5.74) is 9.22. The van der Waals surface area contributed by atoms with Crippen molar-refractivity contribution in [3.8, 4) is 11.1 Å². The van der Waals surface area contributed by atoms with Gasteiger partial charge in [0.15, 0.2) is 0 Å². The second kappa shape index (κ2) is 5.15. The second-order valence-corrected chi connectivity index (χ2v) is 4.56. The van der Waals surface area contributed by atoms with Crippen molar-refractivity contribution in [1.29, 1.82) is 0 Å². The van der Waals surface area contributed by atoms with E-state index in [2.05, 4.69) is 43.2 Å². The zero-order valence-corrected chi connectivity index (χ0v) is 10.4. The van der Waals surface area contributed by atoms with E-state index in [0.717, 1.165) is 12.1 Å². The Morgan fingerprint density at radius 1 is 1.18 bits per heavy atom. The summed E-state index contributed by atoms with van der Waals surface area (Å²) in [4.78, 5) is 0. The molecule has 0 saturated heterocycles. The molecule has 0 fully saturated rings. The standard InChI is InChI=1S/C14H19N3/c1-11(2)12-3-5-13(6-4-12)14-9-16-17(10-14)8-7-15/h3-6,9-11H,7-8,15H2,1-2H3. The summed E-state index contributed by atoms with van der Waals surface area (Å²) < 4.78 is 1.88. The molecule has 0 aliphatic rings. The summed E-state index contributed by atoms with van der Waals surface area (Å²) in [6.07, 6.45) is 3.93. The molecular formula is C14H19N3. The predicted molar refractivity (Wildman–Crippen MR) is 70.8 cm³/mol. The topological polar surface area (TPSA) is 43.8 Å². The summed E-state index contributed by atoms with van der Waals surface area (Å²) in [6.45, 7) is 5.79. The van der Waals surface area contributed by atoms with E-state index in [4.69, 9.17) is 5.73 Å². The smallest absolute Gasteiger partial charge is 0.0568 e. The summed E-state index contributed by atoms with van der Waals surface area (Å²) in [7, 11) is 0. The Morgan fingerprint density at radius 2 is 1.88 bits per heavy atom. The van der Waals surface area contributed by atoms with Crippen LogP contribution in [0.15, 0.2) is 36.7 Å². The number of rotatable bonds is 4. The lowest BCUT2D eigenvalue weighted by molar-refractivity contribution is 0.625. The fraction of sp³-hybridized carbons (Fsp3) is 0.357. The highest BCUT2D eigenvalue weighted by atomic mass is 15.3. The lowest BCUT2D eigenvalue weighted by atomic mass is 10.0. The van der Waals surface area contributed by atoms with Gasteiger partial charge in [0, 0.05) is 18.3 Å². The summed E-state index contributed by atoms with van der Waals surface area (Å²) in [5.74, 6) is 0.573. The van der Waals surface area contributed by atoms with Crippen LogP contribution in [0.4, 0.5) is 0 Å². The Labute approximate surface area is 102 Å². The van der Waals surface area contributed by atoms with Crippen LogP contribution in [0.1, 0.15) is 25.3 Å². The average molecular weight is 229 g/mol. The lowest BCUT2D eigenvalue weighted by Crippen LogP contribution is -2.09. The van der Waals surface area contributed by atoms with E-state index >= 15 is 0 Å². The van der Waals surface area contributed by atoms with Gasteiger partial charge in [-0.15, -0.1) is 0 Å². The Bertz CT molecular complexity index is 468. The Morgan fingerprint density at radius 3 is 2.47 bits per heavy atom. The average Bonchev–Trinajstić information content (AvgIpc) is 2.78. The van der Waals surface area contributed by atoms with Crippen LogP contribution in [0.2, 0.25) is 0 Å². The minimum absolute atomic E-state index is 0.573. The van der Waals surface area contributed by atoms with E-state index in [1.54, 1.807) is 0 Å². The van der Waals surface area contributed by atoms with Gasteiger partial charge in [-0.05, 0) is 17.0 Å². The molecule has 0 aliphatic heterocycles. The summed E-state index contributed by atoms with van der Waals surface area (Å²) in [5, 5.41) is 4.28. The maximum absolute atomic E-state index is 5.50. The number of hydrogen-bond donors (Lipinski definition) is 1. The van der Waals surface area contributed by atoms with Crippen molar-refractivity contribution < 1.29 is 0 Å². The normalized spacial score (nSPS) is 11.1. The SMILES string of the molecule is CC(C)c1ccc(-c2cnn(CCN)c2)cc1. The third kappa shape index (κ3) is 2.74. The van der Waals surface area contributed by atoms with Gasteiger partial charge in [-0.3, -0.25) is 4.68 Å². The quantitative estimate of drug-likeness (QED) is 0.875. The van der Waals surface area contributed by atoms with Crippen molar-refractivity contribution in [2.24, 2.45) is 5.73 Å². The maximum atomic E-state index is 5.50. The van der Waals surface area contributed by atoms with Crippen molar-refractivity contribution in [1.82, 2.24) is 9.78 Å². The van der Waals surface area contributed by atoms with E-state index in [1.165, 1.54) is 11.1 Å². The third-order valence-electron chi connectivity index (χ3n) is 2.90. The van der Waals surface area contributed by atoms with Gasteiger partial charge in [0.2, 0.25) is 0 Å². The van der Waals surface area contributed by atoms with Crippen LogP contribution in [-0.2, 0) is 6.54 Å². The molecule has 1 heterocycles. The van der Waals surface area contributed by atoms with E-state index in [1.807, 2.05) is 17.1 Å². The van der Waals surface area contributed by atoms with E-state index in [0.29, 0.717) is 12.5 Å². The fourth-order valence-corrected chi connectivity index (χ4v) is 1.83. The minimum atomic E-state index is 0.573. The number of hydrogen-bond acceptors (Lipinski definition) is 2. The zero-order valence-electron chi connectivity index (χ0n) is 10.4. The molecule has 2 aromatic rings. The van der Waals surface area contributed by atoms with Gasteiger partial charge >= 0.3 is 0 Å². The van der Waals surface area contributed by atoms with Gasteiger partial charge in [0.25, 0.3) is 0 Å². The van der Waals surface area contributed by atoms with Crippen LogP contribution < -0.4 is 5.73 Å². The molecule has 1 aromatic heterocycles. The first-order chi connectivity index (χ1) is 8.20. The molecule has 1 aromatic carbocycles. The van der Waals surface area contributed by atoms with Crippen LogP contribution >= 0.6 is 0 Å². The Balaban J connectivity index is 2.21. The van der Waals surface area contributed by atoms with E-state index in [9.17, 15) is 0 Å². The molecule has 0 aliphatic carbocycles. The van der Waals surface area contributed by atoms with Crippen LogP contribution in [0.25, 0.3) is 11.1 Å². The molecule has 0 spiro atoms. The minimum Gasteiger partial charge on any atom is -0.329 e. The van der Waals surface area contributed by atoms with Crippen LogP contribution in [0, 0.1) is 0 Å². The van der Waals surface area contributed by atoms with Gasteiger partial charge in [0.05, 0.1) is 12.7 Å². The Hall–Kier alpha value is -1.61. The van der Waals surface area contributed by atoms with Gasteiger partial charge in [0.1, 0.15) is 0 Å². The van der Waals surface area contributed by atoms with Crippen LogP contribution in [0.3, 0.4) is 0 Å². The van der Waals surface area contributed by atoms with Crippen molar-refractivity contribution in [2.75, 3.05) is 6.54 Å². The molecule has 0 bridgehead atoms. The summed E-state index contributed by atoms with van der Waals surface area (Å²) in [6, 6.07) is 8.67. The molecule has 0 atom stereocenters. The van der Waals surface area contributed by atoms with Gasteiger partial charge in [-0.2, -0.15) is 5.10 Å². The monoisotopic (exact) mass is 229 g/mol. The number of benzene rings is 1. The third-order valence-corrected chi connectivity index (χ3v) is 2.90. The van der Waals surface area contributed by atoms with Gasteiger partial charge < -0.3 is 5.73 Å². The molecule has 3 nitrogen and oxygen atoms in total. The summed E-state index contributed by atoms with van der Waals surface area (Å²) >= 11 is 0.